The number of rotatable bonds is 7. The molecule has 0 fully saturated rings. The maximum atomic E-state index is 5.94. The van der Waals surface area contributed by atoms with E-state index < -0.39 is 0 Å². The largest absolute Gasteiger partial charge is 0.326 e. The van der Waals surface area contributed by atoms with Gasteiger partial charge in [0.2, 0.25) is 0 Å². The van der Waals surface area contributed by atoms with Gasteiger partial charge in [-0.15, -0.1) is 11.3 Å². The van der Waals surface area contributed by atoms with E-state index in [-0.39, 0.29) is 5.54 Å². The molecule has 0 aliphatic carbocycles. The minimum Gasteiger partial charge on any atom is -0.326 e. The normalized spacial score (nSPS) is 14.0. The monoisotopic (exact) mass is 241 g/mol. The minimum absolute atomic E-state index is 0.0510. The van der Waals surface area contributed by atoms with Crippen molar-refractivity contribution in [3.8, 4) is 0 Å². The van der Waals surface area contributed by atoms with E-state index in [9.17, 15) is 0 Å². The second kappa shape index (κ2) is 6.33. The van der Waals surface area contributed by atoms with Crippen LogP contribution in [0.25, 0.3) is 0 Å². The van der Waals surface area contributed by atoms with Crippen LogP contribution in [0.3, 0.4) is 0 Å². The van der Waals surface area contributed by atoms with Crippen molar-refractivity contribution in [2.45, 2.75) is 51.6 Å². The molecule has 3 nitrogen and oxygen atoms in total. The summed E-state index contributed by atoms with van der Waals surface area (Å²) in [4.78, 5) is 4.35. The topological polar surface area (TPSA) is 50.9 Å². The Kier molecular flexibility index (Phi) is 5.38. The van der Waals surface area contributed by atoms with Crippen LogP contribution in [0.2, 0.25) is 0 Å². The van der Waals surface area contributed by atoms with E-state index in [0.717, 1.165) is 25.8 Å². The van der Waals surface area contributed by atoms with E-state index in [1.54, 1.807) is 11.3 Å². The molecular weight excluding hydrogens is 218 g/mol. The molecule has 0 saturated carbocycles. The summed E-state index contributed by atoms with van der Waals surface area (Å²) in [5.41, 5.74) is 5.89. The first kappa shape index (κ1) is 13.6. The second-order valence-electron chi connectivity index (χ2n) is 4.88. The lowest BCUT2D eigenvalue weighted by Gasteiger charge is -2.19. The van der Waals surface area contributed by atoms with Crippen LogP contribution in [-0.4, -0.2) is 17.1 Å². The maximum Gasteiger partial charge on any atom is 0.109 e. The molecule has 0 amide bonds. The number of nitrogens with zero attached hydrogens (tertiary/aromatic N) is 1. The standard InChI is InChI=1S/C12H23N3S/c1-4-10(11-15-8-9-16-11)14-7-5-6-12(2,3)13/h8-10,14H,4-7,13H2,1-3H3. The van der Waals surface area contributed by atoms with Crippen LogP contribution < -0.4 is 11.1 Å². The van der Waals surface area contributed by atoms with E-state index in [0.29, 0.717) is 6.04 Å². The van der Waals surface area contributed by atoms with Crippen LogP contribution in [0, 0.1) is 0 Å². The predicted molar refractivity (Wildman–Crippen MR) is 70.6 cm³/mol. The quantitative estimate of drug-likeness (QED) is 0.722. The first-order valence-electron chi connectivity index (χ1n) is 5.94. The summed E-state index contributed by atoms with van der Waals surface area (Å²) in [6.07, 6.45) is 5.12. The van der Waals surface area contributed by atoms with Crippen LogP contribution in [0.15, 0.2) is 11.6 Å². The van der Waals surface area contributed by atoms with Crippen LogP contribution in [0.1, 0.15) is 51.1 Å². The van der Waals surface area contributed by atoms with Crippen molar-refractivity contribution < 1.29 is 0 Å². The zero-order valence-corrected chi connectivity index (χ0v) is 11.3. The Balaban J connectivity index is 2.25. The van der Waals surface area contributed by atoms with E-state index >= 15 is 0 Å². The van der Waals surface area contributed by atoms with E-state index in [1.807, 2.05) is 11.6 Å². The molecule has 1 unspecified atom stereocenters. The molecule has 0 aliphatic heterocycles. The Hall–Kier alpha value is -0.450. The van der Waals surface area contributed by atoms with Crippen molar-refractivity contribution in [3.63, 3.8) is 0 Å². The third kappa shape index (κ3) is 5.05. The molecule has 0 saturated heterocycles. The Bertz CT molecular complexity index is 277. The molecule has 1 aromatic rings. The third-order valence-corrected chi connectivity index (χ3v) is 3.44. The highest BCUT2D eigenvalue weighted by molar-refractivity contribution is 7.09. The second-order valence-corrected chi connectivity index (χ2v) is 5.80. The van der Waals surface area contributed by atoms with Crippen LogP contribution in [0.5, 0.6) is 0 Å². The van der Waals surface area contributed by atoms with Gasteiger partial charge in [0, 0.05) is 17.1 Å². The molecule has 0 bridgehead atoms. The Morgan fingerprint density at radius 1 is 1.56 bits per heavy atom. The van der Waals surface area contributed by atoms with Gasteiger partial charge in [0.05, 0.1) is 6.04 Å². The molecule has 1 atom stereocenters. The van der Waals surface area contributed by atoms with Crippen molar-refractivity contribution in [1.82, 2.24) is 10.3 Å². The van der Waals surface area contributed by atoms with E-state index in [4.69, 9.17) is 5.73 Å². The van der Waals surface area contributed by atoms with Gasteiger partial charge in [-0.25, -0.2) is 4.98 Å². The predicted octanol–water partition coefficient (Wildman–Crippen LogP) is 2.70. The van der Waals surface area contributed by atoms with Gasteiger partial charge in [0.25, 0.3) is 0 Å². The molecule has 0 aliphatic rings. The third-order valence-electron chi connectivity index (χ3n) is 2.55. The first-order valence-corrected chi connectivity index (χ1v) is 6.82. The maximum absolute atomic E-state index is 5.94. The molecule has 1 heterocycles. The fourth-order valence-corrected chi connectivity index (χ4v) is 2.43. The number of nitrogens with one attached hydrogen (secondary N) is 1. The van der Waals surface area contributed by atoms with Gasteiger partial charge in [-0.3, -0.25) is 0 Å². The number of hydrogen-bond donors (Lipinski definition) is 2. The SMILES string of the molecule is CCC(NCCCC(C)(C)N)c1nccs1. The zero-order chi connectivity index (χ0) is 12.0. The van der Waals surface area contributed by atoms with Gasteiger partial charge in [-0.05, 0) is 39.7 Å². The molecule has 4 heteroatoms. The molecule has 0 radical (unpaired) electrons. The van der Waals surface area contributed by atoms with Gasteiger partial charge < -0.3 is 11.1 Å². The first-order chi connectivity index (χ1) is 7.53. The summed E-state index contributed by atoms with van der Waals surface area (Å²) in [6.45, 7) is 7.35. The van der Waals surface area contributed by atoms with Gasteiger partial charge in [-0.1, -0.05) is 6.92 Å². The smallest absolute Gasteiger partial charge is 0.109 e. The van der Waals surface area contributed by atoms with Gasteiger partial charge >= 0.3 is 0 Å². The average Bonchev–Trinajstić information content (AvgIpc) is 2.69. The molecular formula is C12H23N3S. The number of hydrogen-bond acceptors (Lipinski definition) is 4. The number of thiazole rings is 1. The molecule has 92 valence electrons. The Morgan fingerprint density at radius 3 is 2.81 bits per heavy atom. The summed E-state index contributed by atoms with van der Waals surface area (Å²) < 4.78 is 0. The van der Waals surface area contributed by atoms with Gasteiger partial charge in [-0.2, -0.15) is 0 Å². The van der Waals surface area contributed by atoms with E-state index in [2.05, 4.69) is 31.1 Å². The lowest BCUT2D eigenvalue weighted by Crippen LogP contribution is -2.33. The summed E-state index contributed by atoms with van der Waals surface area (Å²) in [5, 5.41) is 6.76. The Morgan fingerprint density at radius 2 is 2.31 bits per heavy atom. The van der Waals surface area contributed by atoms with Gasteiger partial charge in [0.15, 0.2) is 0 Å². The fraction of sp³-hybridized carbons (Fsp3) is 0.750. The molecule has 0 spiro atoms. The Labute approximate surface area is 102 Å². The molecule has 16 heavy (non-hydrogen) atoms. The molecule has 1 rings (SSSR count). The van der Waals surface area contributed by atoms with Crippen molar-refractivity contribution in [3.05, 3.63) is 16.6 Å². The highest BCUT2D eigenvalue weighted by Crippen LogP contribution is 2.18. The average molecular weight is 241 g/mol. The fourth-order valence-electron chi connectivity index (χ4n) is 1.63. The molecule has 3 N–H and O–H groups in total. The molecule has 0 aromatic carbocycles. The zero-order valence-electron chi connectivity index (χ0n) is 10.5. The summed E-state index contributed by atoms with van der Waals surface area (Å²) in [6, 6.07) is 0.404. The number of aromatic nitrogens is 1. The van der Waals surface area contributed by atoms with Gasteiger partial charge in [0.1, 0.15) is 5.01 Å². The summed E-state index contributed by atoms with van der Waals surface area (Å²) >= 11 is 1.72. The van der Waals surface area contributed by atoms with Crippen molar-refractivity contribution in [2.24, 2.45) is 5.73 Å². The lowest BCUT2D eigenvalue weighted by atomic mass is 10.0. The number of nitrogens with two attached hydrogens (primary N) is 1. The molecule has 1 aromatic heterocycles. The lowest BCUT2D eigenvalue weighted by molar-refractivity contribution is 0.428. The summed E-state index contributed by atoms with van der Waals surface area (Å²) in [5.74, 6) is 0. The minimum atomic E-state index is -0.0510. The van der Waals surface area contributed by atoms with Crippen molar-refractivity contribution in [1.29, 1.82) is 0 Å². The van der Waals surface area contributed by atoms with Crippen molar-refractivity contribution >= 4 is 11.3 Å². The van der Waals surface area contributed by atoms with Crippen molar-refractivity contribution in [2.75, 3.05) is 6.54 Å². The highest BCUT2D eigenvalue weighted by atomic mass is 32.1. The van der Waals surface area contributed by atoms with Crippen LogP contribution in [-0.2, 0) is 0 Å². The van der Waals surface area contributed by atoms with Crippen LogP contribution in [0.4, 0.5) is 0 Å². The van der Waals surface area contributed by atoms with E-state index in [1.165, 1.54) is 5.01 Å². The highest BCUT2D eigenvalue weighted by Gasteiger charge is 2.12. The summed E-state index contributed by atoms with van der Waals surface area (Å²) in [7, 11) is 0. The van der Waals surface area contributed by atoms with Crippen LogP contribution >= 0.6 is 11.3 Å².